The number of methoxy groups -OCH3 is 1. The molecule has 1 aliphatic heterocycles. The summed E-state index contributed by atoms with van der Waals surface area (Å²) < 4.78 is 5.11. The molecule has 1 unspecified atom stereocenters. The largest absolute Gasteiger partial charge is 0.495 e. The topological polar surface area (TPSA) is 21.3 Å². The Morgan fingerprint density at radius 2 is 2.27 bits per heavy atom. The molecule has 2 nitrogen and oxygen atoms in total. The lowest BCUT2D eigenvalue weighted by Gasteiger charge is -2.12. The highest BCUT2D eigenvalue weighted by molar-refractivity contribution is 6.32. The molecule has 0 saturated carbocycles. The highest BCUT2D eigenvalue weighted by Crippen LogP contribution is 2.30. The van der Waals surface area contributed by atoms with Crippen LogP contribution in [0.2, 0.25) is 5.02 Å². The van der Waals surface area contributed by atoms with Gasteiger partial charge in [-0.05, 0) is 37.1 Å². The Kier molecular flexibility index (Phi) is 4.71. The van der Waals surface area contributed by atoms with E-state index in [0.717, 1.165) is 12.3 Å². The second kappa shape index (κ2) is 5.59. The van der Waals surface area contributed by atoms with Gasteiger partial charge in [0.1, 0.15) is 5.75 Å². The monoisotopic (exact) mass is 247 g/mol. The maximum absolute atomic E-state index is 6.06. The van der Waals surface area contributed by atoms with Crippen LogP contribution in [0.25, 0.3) is 0 Å². The van der Waals surface area contributed by atoms with Gasteiger partial charge in [0.25, 0.3) is 0 Å². The molecule has 0 amide bonds. The normalized spacial score (nSPS) is 19.7. The average Bonchev–Trinajstić information content (AvgIpc) is 2.70. The highest BCUT2D eigenvalue weighted by Gasteiger charge is 2.16. The number of nitrogens with one attached hydrogen (secondary N) is 1. The summed E-state index contributed by atoms with van der Waals surface area (Å²) >= 11 is 6.06. The third-order valence-electron chi connectivity index (χ3n) is 2.64. The van der Waals surface area contributed by atoms with Gasteiger partial charge in [-0.2, -0.15) is 0 Å². The molecule has 1 N–H and O–H groups in total. The summed E-state index contributed by atoms with van der Waals surface area (Å²) in [6.45, 7) is 1.11. The Balaban J connectivity index is 0.00000112. The fraction of sp³-hybridized carbons (Fsp3) is 0.455. The number of ether oxygens (including phenoxy) is 1. The van der Waals surface area contributed by atoms with E-state index >= 15 is 0 Å². The summed E-state index contributed by atoms with van der Waals surface area (Å²) in [5.74, 6) is 0.744. The van der Waals surface area contributed by atoms with E-state index in [1.807, 2.05) is 12.1 Å². The van der Waals surface area contributed by atoms with Crippen molar-refractivity contribution >= 4 is 24.0 Å². The zero-order valence-electron chi connectivity index (χ0n) is 8.63. The van der Waals surface area contributed by atoms with Crippen LogP contribution >= 0.6 is 24.0 Å². The van der Waals surface area contributed by atoms with E-state index in [9.17, 15) is 0 Å². The van der Waals surface area contributed by atoms with E-state index < -0.39 is 0 Å². The first-order valence-corrected chi connectivity index (χ1v) is 5.26. The molecule has 1 atom stereocenters. The van der Waals surface area contributed by atoms with Crippen LogP contribution in [0.15, 0.2) is 18.2 Å². The van der Waals surface area contributed by atoms with Crippen molar-refractivity contribution in [3.8, 4) is 5.75 Å². The average molecular weight is 248 g/mol. The molecule has 4 heteroatoms. The molecule has 0 bridgehead atoms. The van der Waals surface area contributed by atoms with Crippen LogP contribution in [0.4, 0.5) is 0 Å². The molecule has 1 aromatic rings. The predicted molar refractivity (Wildman–Crippen MR) is 65.2 cm³/mol. The summed E-state index contributed by atoms with van der Waals surface area (Å²) in [4.78, 5) is 0. The van der Waals surface area contributed by atoms with Crippen molar-refractivity contribution in [3.63, 3.8) is 0 Å². The third-order valence-corrected chi connectivity index (χ3v) is 2.93. The van der Waals surface area contributed by atoms with E-state index in [1.54, 1.807) is 7.11 Å². The summed E-state index contributed by atoms with van der Waals surface area (Å²) in [5, 5.41) is 4.13. The second-order valence-corrected chi connectivity index (χ2v) is 3.95. The first kappa shape index (κ1) is 12.6. The zero-order valence-corrected chi connectivity index (χ0v) is 10.2. The molecule has 1 saturated heterocycles. The van der Waals surface area contributed by atoms with Crippen LogP contribution in [-0.4, -0.2) is 13.7 Å². The Labute approximate surface area is 101 Å². The van der Waals surface area contributed by atoms with Crippen LogP contribution in [0.1, 0.15) is 24.4 Å². The molecular weight excluding hydrogens is 233 g/mol. The second-order valence-electron chi connectivity index (χ2n) is 3.54. The Bertz CT molecular complexity index is 324. The molecule has 2 rings (SSSR count). The number of hydrogen-bond donors (Lipinski definition) is 1. The maximum Gasteiger partial charge on any atom is 0.137 e. The molecule has 0 aromatic heterocycles. The number of rotatable bonds is 2. The van der Waals surface area contributed by atoms with E-state index in [-0.39, 0.29) is 12.4 Å². The molecule has 1 aromatic carbocycles. The Morgan fingerprint density at radius 1 is 1.47 bits per heavy atom. The molecule has 15 heavy (non-hydrogen) atoms. The van der Waals surface area contributed by atoms with Gasteiger partial charge in [0.2, 0.25) is 0 Å². The Hall–Kier alpha value is -0.440. The van der Waals surface area contributed by atoms with Gasteiger partial charge in [-0.25, -0.2) is 0 Å². The molecule has 0 radical (unpaired) electrons. The van der Waals surface area contributed by atoms with Crippen molar-refractivity contribution in [1.29, 1.82) is 0 Å². The smallest absolute Gasteiger partial charge is 0.137 e. The molecule has 0 spiro atoms. The summed E-state index contributed by atoms with van der Waals surface area (Å²) in [5.41, 5.74) is 1.26. The summed E-state index contributed by atoms with van der Waals surface area (Å²) in [6, 6.07) is 6.47. The van der Waals surface area contributed by atoms with Crippen LogP contribution in [-0.2, 0) is 0 Å². The van der Waals surface area contributed by atoms with Gasteiger partial charge in [0.05, 0.1) is 12.1 Å². The van der Waals surface area contributed by atoms with Crippen molar-refractivity contribution in [2.45, 2.75) is 18.9 Å². The van der Waals surface area contributed by atoms with Gasteiger partial charge in [0, 0.05) is 6.04 Å². The van der Waals surface area contributed by atoms with E-state index in [0.29, 0.717) is 11.1 Å². The molecule has 84 valence electrons. The minimum absolute atomic E-state index is 0. The minimum atomic E-state index is 0. The van der Waals surface area contributed by atoms with Crippen molar-refractivity contribution < 1.29 is 4.74 Å². The lowest BCUT2D eigenvalue weighted by atomic mass is 10.1. The van der Waals surface area contributed by atoms with Crippen LogP contribution in [0.3, 0.4) is 0 Å². The fourth-order valence-corrected chi connectivity index (χ4v) is 2.13. The number of halogens is 2. The van der Waals surface area contributed by atoms with Gasteiger partial charge in [-0.15, -0.1) is 12.4 Å². The van der Waals surface area contributed by atoms with Crippen LogP contribution < -0.4 is 10.1 Å². The van der Waals surface area contributed by atoms with Gasteiger partial charge < -0.3 is 10.1 Å². The standard InChI is InChI=1S/C11H14ClNO.ClH/c1-14-11-5-4-8(7-9(11)12)10-3-2-6-13-10;/h4-5,7,10,13H,2-3,6H2,1H3;1H. The first-order chi connectivity index (χ1) is 6.81. The lowest BCUT2D eigenvalue weighted by molar-refractivity contribution is 0.414. The summed E-state index contributed by atoms with van der Waals surface area (Å²) in [7, 11) is 1.63. The lowest BCUT2D eigenvalue weighted by Crippen LogP contribution is -2.12. The molecule has 1 fully saturated rings. The SMILES string of the molecule is COc1ccc(C2CCCN2)cc1Cl.Cl. The van der Waals surface area contributed by atoms with Gasteiger partial charge in [-0.1, -0.05) is 17.7 Å². The first-order valence-electron chi connectivity index (χ1n) is 4.88. The van der Waals surface area contributed by atoms with Crippen LogP contribution in [0.5, 0.6) is 5.75 Å². The van der Waals surface area contributed by atoms with Crippen LogP contribution in [0, 0.1) is 0 Å². The zero-order chi connectivity index (χ0) is 9.97. The van der Waals surface area contributed by atoms with Gasteiger partial charge in [-0.3, -0.25) is 0 Å². The number of benzene rings is 1. The van der Waals surface area contributed by atoms with Crippen molar-refractivity contribution in [2.24, 2.45) is 0 Å². The van der Waals surface area contributed by atoms with Crippen molar-refractivity contribution in [2.75, 3.05) is 13.7 Å². The molecule has 0 aliphatic carbocycles. The molecule has 1 heterocycles. The molecular formula is C11H15Cl2NO. The van der Waals surface area contributed by atoms with E-state index in [1.165, 1.54) is 18.4 Å². The van der Waals surface area contributed by atoms with E-state index in [2.05, 4.69) is 11.4 Å². The van der Waals surface area contributed by atoms with Gasteiger partial charge >= 0.3 is 0 Å². The number of hydrogen-bond acceptors (Lipinski definition) is 2. The van der Waals surface area contributed by atoms with Gasteiger partial charge in [0.15, 0.2) is 0 Å². The predicted octanol–water partition coefficient (Wildman–Crippen LogP) is 3.19. The third kappa shape index (κ3) is 2.77. The highest BCUT2D eigenvalue weighted by atomic mass is 35.5. The fourth-order valence-electron chi connectivity index (χ4n) is 1.87. The summed E-state index contributed by atoms with van der Waals surface area (Å²) in [6.07, 6.45) is 2.44. The molecule has 1 aliphatic rings. The van der Waals surface area contributed by atoms with E-state index in [4.69, 9.17) is 16.3 Å². The Morgan fingerprint density at radius 3 is 2.80 bits per heavy atom. The quantitative estimate of drug-likeness (QED) is 0.867. The van der Waals surface area contributed by atoms with Crippen molar-refractivity contribution in [1.82, 2.24) is 5.32 Å². The minimum Gasteiger partial charge on any atom is -0.495 e. The van der Waals surface area contributed by atoms with Crippen molar-refractivity contribution in [3.05, 3.63) is 28.8 Å². The maximum atomic E-state index is 6.06.